The molecule has 1 aromatic rings. The Morgan fingerprint density at radius 1 is 1.25 bits per heavy atom. The maximum atomic E-state index is 12.3. The highest BCUT2D eigenvalue weighted by Gasteiger charge is 2.32. The fourth-order valence-electron chi connectivity index (χ4n) is 3.48. The van der Waals surface area contributed by atoms with E-state index in [1.54, 1.807) is 17.4 Å². The summed E-state index contributed by atoms with van der Waals surface area (Å²) in [6.07, 6.45) is 10.3. The van der Waals surface area contributed by atoms with E-state index >= 15 is 0 Å². The molecule has 0 N–H and O–H groups in total. The second kappa shape index (κ2) is 6.44. The Bertz CT molecular complexity index is 510. The van der Waals surface area contributed by atoms with E-state index in [0.29, 0.717) is 0 Å². The summed E-state index contributed by atoms with van der Waals surface area (Å²) in [6.45, 7) is 1.92. The van der Waals surface area contributed by atoms with Gasteiger partial charge in [-0.05, 0) is 58.8 Å². The Labute approximate surface area is 133 Å². The zero-order valence-corrected chi connectivity index (χ0v) is 14.0. The van der Waals surface area contributed by atoms with Crippen LogP contribution in [0.5, 0.6) is 0 Å². The summed E-state index contributed by atoms with van der Waals surface area (Å²) >= 11 is 5.10. The molecule has 3 rings (SSSR count). The van der Waals surface area contributed by atoms with Gasteiger partial charge in [0, 0.05) is 24.0 Å². The number of rotatable bonds is 2. The Hall–Kier alpha value is -0.610. The zero-order chi connectivity index (χ0) is 13.9. The van der Waals surface area contributed by atoms with Crippen LogP contribution in [0.4, 0.5) is 0 Å². The summed E-state index contributed by atoms with van der Waals surface area (Å²) in [6, 6.07) is 4.05. The van der Waals surface area contributed by atoms with Crippen molar-refractivity contribution in [3.63, 3.8) is 0 Å². The van der Waals surface area contributed by atoms with Gasteiger partial charge in [-0.3, -0.25) is 4.79 Å². The second-order valence-corrected chi connectivity index (χ2v) is 8.35. The molecule has 108 valence electrons. The summed E-state index contributed by atoms with van der Waals surface area (Å²) in [7, 11) is 0. The molecule has 4 heteroatoms. The van der Waals surface area contributed by atoms with Crippen molar-refractivity contribution in [3.8, 4) is 0 Å². The quantitative estimate of drug-likeness (QED) is 0.713. The highest BCUT2D eigenvalue weighted by Crippen LogP contribution is 2.36. The number of amides is 1. The molecule has 0 bridgehead atoms. The van der Waals surface area contributed by atoms with Gasteiger partial charge >= 0.3 is 0 Å². The third-order valence-corrected chi connectivity index (χ3v) is 6.18. The molecule has 0 spiro atoms. The zero-order valence-electron chi connectivity index (χ0n) is 11.6. The lowest BCUT2D eigenvalue weighted by atomic mass is 9.75. The molecule has 0 aromatic carbocycles. The van der Waals surface area contributed by atoms with E-state index in [9.17, 15) is 4.79 Å². The molecule has 20 heavy (non-hydrogen) atoms. The first-order chi connectivity index (χ1) is 9.72. The molecule has 0 unspecified atom stereocenters. The smallest absolute Gasteiger partial charge is 0.246 e. The van der Waals surface area contributed by atoms with E-state index in [1.807, 2.05) is 23.1 Å². The van der Waals surface area contributed by atoms with E-state index in [-0.39, 0.29) is 5.91 Å². The number of carbonyl (C=O) groups excluding carboxylic acids is 1. The first-order valence-corrected chi connectivity index (χ1v) is 9.05. The maximum Gasteiger partial charge on any atom is 0.246 e. The number of nitrogens with zero attached hydrogens (tertiary/aromatic N) is 1. The minimum Gasteiger partial charge on any atom is -0.339 e. The number of halogens is 1. The van der Waals surface area contributed by atoms with Crippen LogP contribution in [0.25, 0.3) is 6.08 Å². The van der Waals surface area contributed by atoms with Crippen molar-refractivity contribution in [3.05, 3.63) is 26.9 Å². The third kappa shape index (κ3) is 3.34. The second-order valence-electron chi connectivity index (χ2n) is 5.85. The summed E-state index contributed by atoms with van der Waals surface area (Å²) in [4.78, 5) is 15.5. The largest absolute Gasteiger partial charge is 0.339 e. The van der Waals surface area contributed by atoms with E-state index in [0.717, 1.165) is 33.6 Å². The van der Waals surface area contributed by atoms with Gasteiger partial charge in [0.1, 0.15) is 0 Å². The minimum absolute atomic E-state index is 0.179. The van der Waals surface area contributed by atoms with Gasteiger partial charge in [-0.15, -0.1) is 11.3 Å². The lowest BCUT2D eigenvalue weighted by molar-refractivity contribution is -0.128. The standard InChI is InChI=1S/C16H20BrNOS/c17-15-7-5-14(20-15)6-8-16(19)18-10-9-12-3-1-2-4-13(12)11-18/h5-8,12-13H,1-4,9-11H2/b8-6+/t12-,13+/m1/s1. The topological polar surface area (TPSA) is 20.3 Å². The van der Waals surface area contributed by atoms with Crippen LogP contribution in [0.3, 0.4) is 0 Å². The minimum atomic E-state index is 0.179. The van der Waals surface area contributed by atoms with Crippen LogP contribution in [-0.2, 0) is 4.79 Å². The van der Waals surface area contributed by atoms with Crippen LogP contribution in [0.1, 0.15) is 37.0 Å². The fraction of sp³-hybridized carbons (Fsp3) is 0.562. The number of hydrogen-bond donors (Lipinski definition) is 0. The van der Waals surface area contributed by atoms with Gasteiger partial charge in [-0.2, -0.15) is 0 Å². The molecule has 2 aliphatic rings. The molecule has 1 aliphatic heterocycles. The first kappa shape index (κ1) is 14.3. The van der Waals surface area contributed by atoms with Crippen molar-refractivity contribution in [1.29, 1.82) is 0 Å². The van der Waals surface area contributed by atoms with E-state index in [2.05, 4.69) is 15.9 Å². The Balaban J connectivity index is 1.58. The molecular formula is C16H20BrNOS. The number of likely N-dealkylation sites (tertiary alicyclic amines) is 1. The molecule has 1 aliphatic carbocycles. The average molecular weight is 354 g/mol. The molecule has 2 heterocycles. The predicted molar refractivity (Wildman–Crippen MR) is 87.7 cm³/mol. The molecule has 2 nitrogen and oxygen atoms in total. The summed E-state index contributed by atoms with van der Waals surface area (Å²) in [5.74, 6) is 1.81. The summed E-state index contributed by atoms with van der Waals surface area (Å²) in [5.41, 5.74) is 0. The highest BCUT2D eigenvalue weighted by molar-refractivity contribution is 9.11. The van der Waals surface area contributed by atoms with Gasteiger partial charge in [0.15, 0.2) is 0 Å². The number of hydrogen-bond acceptors (Lipinski definition) is 2. The van der Waals surface area contributed by atoms with Gasteiger partial charge in [0.25, 0.3) is 0 Å². The van der Waals surface area contributed by atoms with E-state index in [4.69, 9.17) is 0 Å². The number of fused-ring (bicyclic) bond motifs is 1. The molecule has 0 radical (unpaired) electrons. The normalized spacial score (nSPS) is 26.8. The van der Waals surface area contributed by atoms with Crippen LogP contribution in [-0.4, -0.2) is 23.9 Å². The predicted octanol–water partition coefficient (Wildman–Crippen LogP) is 4.56. The highest BCUT2D eigenvalue weighted by atomic mass is 79.9. The Morgan fingerprint density at radius 3 is 2.80 bits per heavy atom. The van der Waals surface area contributed by atoms with Gasteiger partial charge in [0.05, 0.1) is 3.79 Å². The number of carbonyl (C=O) groups is 1. The van der Waals surface area contributed by atoms with Crippen molar-refractivity contribution < 1.29 is 4.79 Å². The lowest BCUT2D eigenvalue weighted by Gasteiger charge is -2.41. The molecule has 2 fully saturated rings. The van der Waals surface area contributed by atoms with E-state index < -0.39 is 0 Å². The molecule has 1 saturated heterocycles. The van der Waals surface area contributed by atoms with Crippen LogP contribution in [0.2, 0.25) is 0 Å². The van der Waals surface area contributed by atoms with E-state index in [1.165, 1.54) is 32.1 Å². The van der Waals surface area contributed by atoms with Crippen LogP contribution in [0, 0.1) is 11.8 Å². The number of thiophene rings is 1. The monoisotopic (exact) mass is 353 g/mol. The van der Waals surface area contributed by atoms with Gasteiger partial charge in [-0.25, -0.2) is 0 Å². The number of piperidine rings is 1. The van der Waals surface area contributed by atoms with Crippen molar-refractivity contribution in [2.45, 2.75) is 32.1 Å². The van der Waals surface area contributed by atoms with Crippen molar-refractivity contribution >= 4 is 39.2 Å². The SMILES string of the molecule is O=C(/C=C/c1ccc(Br)s1)N1CC[C@H]2CCCC[C@H]2C1. The van der Waals surface area contributed by atoms with Crippen LogP contribution >= 0.6 is 27.3 Å². The summed E-state index contributed by atoms with van der Waals surface area (Å²) < 4.78 is 1.10. The van der Waals surface area contributed by atoms with Crippen LogP contribution in [0.15, 0.2) is 22.0 Å². The molecule has 1 saturated carbocycles. The Kier molecular flexibility index (Phi) is 4.61. The first-order valence-electron chi connectivity index (χ1n) is 7.45. The average Bonchev–Trinajstić information content (AvgIpc) is 2.90. The molecule has 1 aromatic heterocycles. The fourth-order valence-corrected chi connectivity index (χ4v) is 4.80. The van der Waals surface area contributed by atoms with Gasteiger partial charge in [0.2, 0.25) is 5.91 Å². The van der Waals surface area contributed by atoms with Gasteiger partial charge in [-0.1, -0.05) is 19.3 Å². The molecule has 2 atom stereocenters. The summed E-state index contributed by atoms with van der Waals surface area (Å²) in [5, 5.41) is 0. The maximum absolute atomic E-state index is 12.3. The lowest BCUT2D eigenvalue weighted by Crippen LogP contribution is -2.44. The van der Waals surface area contributed by atoms with Gasteiger partial charge < -0.3 is 4.90 Å². The third-order valence-electron chi connectivity index (χ3n) is 4.59. The molecule has 1 amide bonds. The van der Waals surface area contributed by atoms with Crippen LogP contribution < -0.4 is 0 Å². The van der Waals surface area contributed by atoms with Crippen molar-refractivity contribution in [2.75, 3.05) is 13.1 Å². The van der Waals surface area contributed by atoms with Crippen molar-refractivity contribution in [2.24, 2.45) is 11.8 Å². The van der Waals surface area contributed by atoms with Crippen molar-refractivity contribution in [1.82, 2.24) is 4.90 Å². The Morgan fingerprint density at radius 2 is 2.05 bits per heavy atom. The molecular weight excluding hydrogens is 334 g/mol.